The summed E-state index contributed by atoms with van der Waals surface area (Å²) in [5.74, 6) is -1.21. The number of carbonyl (C=O) groups excluding carboxylic acids is 3. The predicted octanol–water partition coefficient (Wildman–Crippen LogP) is 0.0771. The highest BCUT2D eigenvalue weighted by Crippen LogP contribution is 2.22. The third kappa shape index (κ3) is 3.43. The van der Waals surface area contributed by atoms with Crippen LogP contribution in [0, 0.1) is 0 Å². The van der Waals surface area contributed by atoms with Gasteiger partial charge in [-0.25, -0.2) is 4.79 Å². The lowest BCUT2D eigenvalue weighted by molar-refractivity contribution is -0.143. The molecular formula is C15H18N2O5. The van der Waals surface area contributed by atoms with Crippen molar-refractivity contribution < 1.29 is 24.2 Å². The van der Waals surface area contributed by atoms with Crippen LogP contribution in [0.3, 0.4) is 0 Å². The first kappa shape index (κ1) is 16.0. The van der Waals surface area contributed by atoms with Crippen molar-refractivity contribution in [3.63, 3.8) is 0 Å². The molecule has 7 nitrogen and oxygen atoms in total. The molecule has 1 aliphatic heterocycles. The van der Waals surface area contributed by atoms with E-state index in [1.54, 1.807) is 29.2 Å². The van der Waals surface area contributed by atoms with Crippen molar-refractivity contribution in [2.75, 3.05) is 25.2 Å². The van der Waals surface area contributed by atoms with E-state index in [1.807, 2.05) is 0 Å². The molecule has 1 fully saturated rings. The maximum absolute atomic E-state index is 12.1. The standard InChI is InChI=1S/C15H18N2O5/c1-22-15(21)12(9-18)16-14(20)10-4-2-5-11(8-10)17-7-3-6-13(17)19/h2,4-5,8,12,18H,3,6-7,9H2,1H3,(H,16,20)/t12-/m1/s1. The Morgan fingerprint density at radius 3 is 2.82 bits per heavy atom. The topological polar surface area (TPSA) is 95.9 Å². The van der Waals surface area contributed by atoms with Gasteiger partial charge in [0, 0.05) is 24.2 Å². The van der Waals surface area contributed by atoms with E-state index in [1.165, 1.54) is 7.11 Å². The Morgan fingerprint density at radius 2 is 2.23 bits per heavy atom. The molecule has 0 aromatic heterocycles. The quantitative estimate of drug-likeness (QED) is 0.751. The molecule has 0 radical (unpaired) electrons. The lowest BCUT2D eigenvalue weighted by Gasteiger charge is -2.17. The van der Waals surface area contributed by atoms with Crippen molar-refractivity contribution in [3.8, 4) is 0 Å². The predicted molar refractivity (Wildman–Crippen MR) is 78.4 cm³/mol. The van der Waals surface area contributed by atoms with E-state index in [0.29, 0.717) is 24.2 Å². The van der Waals surface area contributed by atoms with Gasteiger partial charge in [0.1, 0.15) is 0 Å². The fourth-order valence-corrected chi connectivity index (χ4v) is 2.30. The van der Waals surface area contributed by atoms with Gasteiger partial charge < -0.3 is 20.1 Å². The summed E-state index contributed by atoms with van der Waals surface area (Å²) in [6, 6.07) is 5.47. The molecule has 7 heteroatoms. The van der Waals surface area contributed by atoms with Gasteiger partial charge in [-0.15, -0.1) is 0 Å². The van der Waals surface area contributed by atoms with Crippen molar-refractivity contribution in [1.82, 2.24) is 5.32 Å². The van der Waals surface area contributed by atoms with Crippen LogP contribution >= 0.6 is 0 Å². The van der Waals surface area contributed by atoms with Crippen LogP contribution in [0.5, 0.6) is 0 Å². The summed E-state index contributed by atoms with van der Waals surface area (Å²) in [5.41, 5.74) is 0.952. The second kappa shape index (κ2) is 7.04. The van der Waals surface area contributed by atoms with Gasteiger partial charge in [0.15, 0.2) is 6.04 Å². The zero-order valence-electron chi connectivity index (χ0n) is 12.2. The Hall–Kier alpha value is -2.41. The van der Waals surface area contributed by atoms with E-state index in [-0.39, 0.29) is 5.91 Å². The van der Waals surface area contributed by atoms with E-state index in [9.17, 15) is 14.4 Å². The highest BCUT2D eigenvalue weighted by atomic mass is 16.5. The Kier molecular flexibility index (Phi) is 5.11. The monoisotopic (exact) mass is 306 g/mol. The van der Waals surface area contributed by atoms with Crippen molar-refractivity contribution in [2.45, 2.75) is 18.9 Å². The van der Waals surface area contributed by atoms with E-state index < -0.39 is 24.5 Å². The van der Waals surface area contributed by atoms with Crippen LogP contribution in [0.25, 0.3) is 0 Å². The summed E-state index contributed by atoms with van der Waals surface area (Å²) < 4.78 is 4.49. The SMILES string of the molecule is COC(=O)[C@@H](CO)NC(=O)c1cccc(N2CCCC2=O)c1. The Bertz CT molecular complexity index is 587. The summed E-state index contributed by atoms with van der Waals surface area (Å²) in [6.45, 7) is 0.0774. The Labute approximate surface area is 127 Å². The van der Waals surface area contributed by atoms with Crippen molar-refractivity contribution in [3.05, 3.63) is 29.8 Å². The average molecular weight is 306 g/mol. The Balaban J connectivity index is 2.13. The largest absolute Gasteiger partial charge is 0.467 e. The van der Waals surface area contributed by atoms with Gasteiger partial charge >= 0.3 is 5.97 Å². The third-order valence-corrected chi connectivity index (χ3v) is 3.47. The average Bonchev–Trinajstić information content (AvgIpc) is 2.97. The number of aliphatic hydroxyl groups is 1. The number of esters is 1. The first-order valence-corrected chi connectivity index (χ1v) is 6.96. The van der Waals surface area contributed by atoms with Gasteiger partial charge in [0.25, 0.3) is 5.91 Å². The second-order valence-corrected chi connectivity index (χ2v) is 4.93. The summed E-state index contributed by atoms with van der Waals surface area (Å²) in [7, 11) is 1.18. The molecule has 0 saturated carbocycles. The zero-order valence-corrected chi connectivity index (χ0v) is 12.2. The number of hydrogen-bond donors (Lipinski definition) is 2. The number of nitrogens with zero attached hydrogens (tertiary/aromatic N) is 1. The van der Waals surface area contributed by atoms with Gasteiger partial charge in [-0.05, 0) is 24.6 Å². The highest BCUT2D eigenvalue weighted by Gasteiger charge is 2.24. The number of amides is 2. The Morgan fingerprint density at radius 1 is 1.45 bits per heavy atom. The molecule has 0 unspecified atom stereocenters. The van der Waals surface area contributed by atoms with E-state index in [2.05, 4.69) is 10.1 Å². The normalized spacial score (nSPS) is 15.5. The fraction of sp³-hybridized carbons (Fsp3) is 0.400. The number of carbonyl (C=O) groups is 3. The van der Waals surface area contributed by atoms with Crippen LogP contribution in [-0.2, 0) is 14.3 Å². The fourth-order valence-electron chi connectivity index (χ4n) is 2.30. The molecule has 1 aliphatic rings. The minimum Gasteiger partial charge on any atom is -0.467 e. The molecule has 118 valence electrons. The number of aliphatic hydroxyl groups excluding tert-OH is 1. The number of ether oxygens (including phenoxy) is 1. The minimum atomic E-state index is -1.12. The first-order chi connectivity index (χ1) is 10.6. The lowest BCUT2D eigenvalue weighted by Crippen LogP contribution is -2.44. The number of nitrogens with one attached hydrogen (secondary N) is 1. The first-order valence-electron chi connectivity index (χ1n) is 6.96. The maximum Gasteiger partial charge on any atom is 0.330 e. The van der Waals surface area contributed by atoms with E-state index >= 15 is 0 Å². The van der Waals surface area contributed by atoms with Crippen LogP contribution < -0.4 is 10.2 Å². The molecular weight excluding hydrogens is 288 g/mol. The molecule has 2 N–H and O–H groups in total. The molecule has 1 saturated heterocycles. The van der Waals surface area contributed by atoms with E-state index in [0.717, 1.165) is 6.42 Å². The van der Waals surface area contributed by atoms with Crippen molar-refractivity contribution in [1.29, 1.82) is 0 Å². The molecule has 0 bridgehead atoms. The minimum absolute atomic E-state index is 0.0281. The summed E-state index contributed by atoms with van der Waals surface area (Å²) in [6.07, 6.45) is 1.30. The molecule has 2 rings (SSSR count). The maximum atomic E-state index is 12.1. The number of rotatable bonds is 5. The molecule has 0 spiro atoms. The number of hydrogen-bond acceptors (Lipinski definition) is 5. The molecule has 1 aromatic rings. The van der Waals surface area contributed by atoms with E-state index in [4.69, 9.17) is 5.11 Å². The summed E-state index contributed by atoms with van der Waals surface area (Å²) >= 11 is 0. The molecule has 22 heavy (non-hydrogen) atoms. The van der Waals surface area contributed by atoms with Crippen molar-refractivity contribution in [2.24, 2.45) is 0 Å². The molecule has 2 amide bonds. The highest BCUT2D eigenvalue weighted by molar-refractivity contribution is 6.00. The van der Waals surface area contributed by atoms with Crippen LogP contribution in [0.15, 0.2) is 24.3 Å². The van der Waals surface area contributed by atoms with Gasteiger partial charge in [0.2, 0.25) is 5.91 Å². The van der Waals surface area contributed by atoms with Crippen LogP contribution in [0.1, 0.15) is 23.2 Å². The zero-order chi connectivity index (χ0) is 16.1. The molecule has 1 atom stereocenters. The molecule has 0 aliphatic carbocycles. The van der Waals surface area contributed by atoms with Crippen LogP contribution in [0.2, 0.25) is 0 Å². The van der Waals surface area contributed by atoms with Crippen LogP contribution in [-0.4, -0.2) is 49.2 Å². The lowest BCUT2D eigenvalue weighted by atomic mass is 10.1. The summed E-state index contributed by atoms with van der Waals surface area (Å²) in [5, 5.41) is 11.5. The number of benzene rings is 1. The van der Waals surface area contributed by atoms with Crippen molar-refractivity contribution >= 4 is 23.5 Å². The number of methoxy groups -OCH3 is 1. The second-order valence-electron chi connectivity index (χ2n) is 4.93. The molecule has 1 heterocycles. The third-order valence-electron chi connectivity index (χ3n) is 3.47. The van der Waals surface area contributed by atoms with Gasteiger partial charge in [-0.3, -0.25) is 9.59 Å². The molecule has 1 aromatic carbocycles. The summed E-state index contributed by atoms with van der Waals surface area (Å²) in [4.78, 5) is 36.9. The van der Waals surface area contributed by atoms with Crippen LogP contribution in [0.4, 0.5) is 5.69 Å². The van der Waals surface area contributed by atoms with Gasteiger partial charge in [-0.2, -0.15) is 0 Å². The number of anilines is 1. The smallest absolute Gasteiger partial charge is 0.330 e. The van der Waals surface area contributed by atoms with Gasteiger partial charge in [0.05, 0.1) is 13.7 Å². The van der Waals surface area contributed by atoms with Gasteiger partial charge in [-0.1, -0.05) is 6.07 Å².